The van der Waals surface area contributed by atoms with Gasteiger partial charge in [-0.2, -0.15) is 25.3 Å². The van der Waals surface area contributed by atoms with E-state index in [0.29, 0.717) is 112 Å². The standard InChI is InChI=1S/C48H51N5O14S3/c1-47(2)23-27(25-68(57,58)59)32-21-34-41(46-49-36-20-29(70(63,64)65)13-14-37(36)50(46)17-7-5-6-12-40(56)67-53-38(54)15-16-39(53)55)35-22-33-28(26-69(60,61)62)24-48(3,4)52-19-9-11-31(43(33)52)45(35)66-44(34)30-10-8-18-51(47)42(30)32/h13-14,20-24H,5-12,15-19,25-26H2,1-4H3,(H2-,57,58,59,60,61,62,63,64,65)/p+1. The molecule has 4 aromatic rings. The highest BCUT2D eigenvalue weighted by Crippen LogP contribution is 2.52. The van der Waals surface area contributed by atoms with Crippen LogP contribution < -0.4 is 24.8 Å². The molecule has 3 aromatic carbocycles. The van der Waals surface area contributed by atoms with Crippen LogP contribution in [0.15, 0.2) is 47.4 Å². The van der Waals surface area contributed by atoms with Gasteiger partial charge in [-0.1, -0.05) is 12.5 Å². The predicted molar refractivity (Wildman–Crippen MR) is 256 cm³/mol. The fourth-order valence-corrected chi connectivity index (χ4v) is 13.1. The number of benzene rings is 3. The third-order valence-electron chi connectivity index (χ3n) is 14.1. The number of carbonyl (C=O) groups excluding carboxylic acids is 3. The van der Waals surface area contributed by atoms with Gasteiger partial charge < -0.3 is 19.0 Å². The van der Waals surface area contributed by atoms with Crippen molar-refractivity contribution in [3.8, 4) is 11.5 Å². The largest absolute Gasteiger partial charge is 0.455 e. The second kappa shape index (κ2) is 16.7. The number of nitrogens with zero attached hydrogens (tertiary/aromatic N) is 5. The number of amides is 2. The molecule has 370 valence electrons. The van der Waals surface area contributed by atoms with Gasteiger partial charge in [0.05, 0.1) is 38.3 Å². The molecule has 1 aromatic heterocycles. The number of fused-ring (bicyclic) bond motifs is 5. The van der Waals surface area contributed by atoms with Crippen LogP contribution in [0.3, 0.4) is 0 Å². The number of imide groups is 1. The van der Waals surface area contributed by atoms with E-state index in [2.05, 4.69) is 9.48 Å². The van der Waals surface area contributed by atoms with Crippen molar-refractivity contribution in [3.63, 3.8) is 0 Å². The quantitative estimate of drug-likeness (QED) is 0.0649. The third kappa shape index (κ3) is 8.44. The van der Waals surface area contributed by atoms with E-state index in [0.717, 1.165) is 35.0 Å². The summed E-state index contributed by atoms with van der Waals surface area (Å²) >= 11 is 0. The van der Waals surface area contributed by atoms with Crippen molar-refractivity contribution >= 4 is 81.6 Å². The zero-order chi connectivity index (χ0) is 50.0. The highest BCUT2D eigenvalue weighted by molar-refractivity contribution is 7.86. The number of rotatable bonds is 13. The van der Waals surface area contributed by atoms with Crippen molar-refractivity contribution in [1.29, 1.82) is 0 Å². The second-order valence-corrected chi connectivity index (χ2v) is 24.2. The van der Waals surface area contributed by atoms with Crippen LogP contribution in [0.5, 0.6) is 11.5 Å². The molecule has 2 amide bonds. The molecule has 1 saturated heterocycles. The van der Waals surface area contributed by atoms with Crippen molar-refractivity contribution in [2.24, 2.45) is 0 Å². The van der Waals surface area contributed by atoms with Gasteiger partial charge in [0, 0.05) is 80.1 Å². The van der Waals surface area contributed by atoms with Crippen LogP contribution in [-0.4, -0.2) is 107 Å². The van der Waals surface area contributed by atoms with Gasteiger partial charge in [0.1, 0.15) is 35.4 Å². The summed E-state index contributed by atoms with van der Waals surface area (Å²) in [6.07, 6.45) is 7.23. The highest BCUT2D eigenvalue weighted by atomic mass is 32.2. The number of imidazole rings is 1. The van der Waals surface area contributed by atoms with Crippen LogP contribution in [-0.2, 0) is 69.0 Å². The average molecular weight is 1020 g/mol. The first-order chi connectivity index (χ1) is 32.8. The van der Waals surface area contributed by atoms with E-state index < -0.39 is 75.6 Å². The van der Waals surface area contributed by atoms with Crippen LogP contribution in [0, 0.1) is 0 Å². The molecule has 0 saturated carbocycles. The summed E-state index contributed by atoms with van der Waals surface area (Å²) in [5.41, 5.74) is 4.57. The first-order valence-electron chi connectivity index (χ1n) is 23.2. The van der Waals surface area contributed by atoms with E-state index in [9.17, 15) is 53.3 Å². The molecule has 0 radical (unpaired) electrons. The molecule has 0 aliphatic carbocycles. The molecule has 0 atom stereocenters. The van der Waals surface area contributed by atoms with Crippen molar-refractivity contribution in [2.75, 3.05) is 29.5 Å². The molecule has 0 bridgehead atoms. The number of carbonyl (C=O) groups is 3. The Morgan fingerprint density at radius 3 is 2.17 bits per heavy atom. The van der Waals surface area contributed by atoms with Gasteiger partial charge in [0.2, 0.25) is 5.36 Å². The Morgan fingerprint density at radius 1 is 0.800 bits per heavy atom. The zero-order valence-electron chi connectivity index (χ0n) is 38.9. The fourth-order valence-electron chi connectivity index (χ4n) is 11.3. The summed E-state index contributed by atoms with van der Waals surface area (Å²) in [7, 11) is -13.8. The van der Waals surface area contributed by atoms with Gasteiger partial charge in [-0.3, -0.25) is 23.2 Å². The molecule has 0 unspecified atom stereocenters. The van der Waals surface area contributed by atoms with Gasteiger partial charge in [-0.15, -0.1) is 5.06 Å². The van der Waals surface area contributed by atoms with E-state index in [1.165, 1.54) is 18.2 Å². The molecule has 0 spiro atoms. The Hall–Kier alpha value is -5.78. The number of ether oxygens (including phenoxy) is 1. The molecule has 70 heavy (non-hydrogen) atoms. The minimum Gasteiger partial charge on any atom is -0.455 e. The Bertz CT molecular complexity index is 3580. The van der Waals surface area contributed by atoms with Gasteiger partial charge >= 0.3 is 5.97 Å². The number of unbranched alkanes of at least 4 members (excludes halogenated alkanes) is 2. The summed E-state index contributed by atoms with van der Waals surface area (Å²) in [6.45, 7) is 9.47. The van der Waals surface area contributed by atoms with Crippen molar-refractivity contribution < 1.29 is 62.9 Å². The molecule has 1 fully saturated rings. The maximum absolute atomic E-state index is 12.7. The second-order valence-electron chi connectivity index (χ2n) is 19.9. The van der Waals surface area contributed by atoms with Crippen molar-refractivity contribution in [1.82, 2.24) is 19.2 Å². The molecular weight excluding hydrogens is 967 g/mol. The van der Waals surface area contributed by atoms with E-state index in [-0.39, 0.29) is 31.3 Å². The number of hydroxylamine groups is 2. The smallest absolute Gasteiger partial charge is 0.333 e. The lowest BCUT2D eigenvalue weighted by atomic mass is 9.80. The lowest BCUT2D eigenvalue weighted by Crippen LogP contribution is -2.53. The van der Waals surface area contributed by atoms with E-state index >= 15 is 0 Å². The first kappa shape index (κ1) is 47.9. The van der Waals surface area contributed by atoms with E-state index in [4.69, 9.17) is 14.6 Å². The average Bonchev–Trinajstić information content (AvgIpc) is 3.78. The zero-order valence-corrected chi connectivity index (χ0v) is 41.4. The highest BCUT2D eigenvalue weighted by Gasteiger charge is 2.44. The maximum Gasteiger partial charge on any atom is 0.333 e. The van der Waals surface area contributed by atoms with Gasteiger partial charge in [0.15, 0.2) is 5.54 Å². The minimum absolute atomic E-state index is 0.0369. The predicted octanol–water partition coefficient (Wildman–Crippen LogP) is 4.12. The number of anilines is 1. The fraction of sp³-hybridized carbons (Fsp3) is 0.438. The molecule has 22 heteroatoms. The molecule has 6 aliphatic heterocycles. The van der Waals surface area contributed by atoms with Gasteiger partial charge in [-0.05, 0) is 93.5 Å². The number of aryl methyl sites for hydroxylation is 1. The SMILES string of the molecule is CC1(C)C=C(CS(=O)(=O)O)c2cc3c(c4c2N1CCC4)Oc1c2c4c(cc1=C3c1nc3cc(S(=O)(=O)O)ccc3n1CCCCCC(=O)ON1C(=O)CCC1=O)C(CS(=O)(=O)O)=CC(C)(C)[N+]=4CCC2. The summed E-state index contributed by atoms with van der Waals surface area (Å²) in [4.78, 5) is 48.8. The first-order valence-corrected chi connectivity index (χ1v) is 27.9. The summed E-state index contributed by atoms with van der Waals surface area (Å²) in [5, 5.41) is 1.78. The molecule has 10 rings (SSSR count). The monoisotopic (exact) mass is 1020 g/mol. The Balaban J connectivity index is 1.23. The van der Waals surface area contributed by atoms with Crippen molar-refractivity contribution in [2.45, 2.75) is 114 Å². The number of hydrogen-bond donors (Lipinski definition) is 3. The Kier molecular flexibility index (Phi) is 11.4. The summed E-state index contributed by atoms with van der Waals surface area (Å²) in [5.74, 6) is -1.94. The number of aromatic nitrogens is 2. The van der Waals surface area contributed by atoms with Gasteiger partial charge in [-0.25, -0.2) is 14.4 Å². The van der Waals surface area contributed by atoms with E-state index in [1.807, 2.05) is 56.5 Å². The topological polar surface area (TPSA) is 260 Å². The lowest BCUT2D eigenvalue weighted by Gasteiger charge is -2.47. The van der Waals surface area contributed by atoms with Gasteiger partial charge in [0.25, 0.3) is 42.2 Å². The lowest BCUT2D eigenvalue weighted by molar-refractivity contribution is -0.197. The molecule has 19 nitrogen and oxygen atoms in total. The molecule has 3 N–H and O–H groups in total. The molecule has 7 heterocycles. The molecule has 6 aliphatic rings. The van der Waals surface area contributed by atoms with Crippen molar-refractivity contribution in [3.05, 3.63) is 86.7 Å². The molecular formula is C48H52N5O14S3+. The summed E-state index contributed by atoms with van der Waals surface area (Å²) in [6, 6.07) is 7.73. The Labute approximate surface area is 404 Å². The third-order valence-corrected chi connectivity index (χ3v) is 16.3. The van der Waals surface area contributed by atoms with Crippen LogP contribution in [0.2, 0.25) is 0 Å². The van der Waals surface area contributed by atoms with Crippen LogP contribution in [0.4, 0.5) is 5.69 Å². The van der Waals surface area contributed by atoms with Crippen LogP contribution in [0.1, 0.15) is 113 Å². The minimum atomic E-state index is -4.69. The van der Waals surface area contributed by atoms with Crippen LogP contribution >= 0.6 is 0 Å². The van der Waals surface area contributed by atoms with Crippen LogP contribution in [0.25, 0.3) is 27.8 Å². The Morgan fingerprint density at radius 2 is 1.49 bits per heavy atom. The maximum atomic E-state index is 12.7. The normalized spacial score (nSPS) is 19.0. The summed E-state index contributed by atoms with van der Waals surface area (Å²) < 4.78 is 118. The van der Waals surface area contributed by atoms with E-state index in [1.54, 1.807) is 0 Å². The number of hydrogen-bond acceptors (Lipinski definition) is 13.